The largest absolute Gasteiger partial charge is 0.356 e. The maximum absolute atomic E-state index is 4.92. The van der Waals surface area contributed by atoms with Gasteiger partial charge in [-0.05, 0) is 128 Å². The van der Waals surface area contributed by atoms with Crippen molar-refractivity contribution in [1.82, 2.24) is 0 Å². The van der Waals surface area contributed by atoms with Crippen molar-refractivity contribution < 1.29 is 0 Å². The molecule has 0 unspecified atom stereocenters. The Morgan fingerprint density at radius 3 is 1.25 bits per heavy atom. The van der Waals surface area contributed by atoms with Gasteiger partial charge in [0.25, 0.3) is 0 Å². The lowest BCUT2D eigenvalue weighted by atomic mass is 9.89. The van der Waals surface area contributed by atoms with Gasteiger partial charge in [0.1, 0.15) is 0 Å². The van der Waals surface area contributed by atoms with E-state index in [4.69, 9.17) is 4.99 Å². The van der Waals surface area contributed by atoms with Gasteiger partial charge in [-0.1, -0.05) is 83.4 Å². The fraction of sp³-hybridized carbons (Fsp3) is 0.0976. The Balaban J connectivity index is 1.34. The standard InChI is InChI=1S/C41H37N3/c1-28-5-16-35(17-6-28)42-37-22-11-32(12-23-37)41(33-13-24-38(25-14-33)43-36-18-7-29(2)8-19-36)34-15-26-40(31(4)27-34)44-39-20-9-30(3)10-21-39/h5-27,42-43H,1-4H3. The van der Waals surface area contributed by atoms with Gasteiger partial charge >= 0.3 is 0 Å². The van der Waals surface area contributed by atoms with E-state index in [1.54, 1.807) is 0 Å². The molecule has 0 saturated heterocycles. The summed E-state index contributed by atoms with van der Waals surface area (Å²) in [4.78, 5) is 4.92. The van der Waals surface area contributed by atoms with Crippen LogP contribution in [-0.4, -0.2) is 5.71 Å². The molecule has 1 aliphatic rings. The Bertz CT molecular complexity index is 1780. The zero-order chi connectivity index (χ0) is 30.5. The zero-order valence-electron chi connectivity index (χ0n) is 25.7. The Kier molecular flexibility index (Phi) is 8.38. The molecular weight excluding hydrogens is 534 g/mol. The van der Waals surface area contributed by atoms with Gasteiger partial charge in [-0.3, -0.25) is 0 Å². The normalized spacial score (nSPS) is 13.5. The number of nitrogens with zero attached hydrogens (tertiary/aromatic N) is 1. The average Bonchev–Trinajstić information content (AvgIpc) is 3.03. The van der Waals surface area contributed by atoms with Crippen LogP contribution in [0.15, 0.2) is 156 Å². The number of hydrogen-bond acceptors (Lipinski definition) is 3. The smallest absolute Gasteiger partial charge is 0.0666 e. The third-order valence-corrected chi connectivity index (χ3v) is 7.80. The van der Waals surface area contributed by atoms with Crippen LogP contribution >= 0.6 is 0 Å². The maximum Gasteiger partial charge on any atom is 0.0666 e. The molecule has 0 amide bonds. The highest BCUT2D eigenvalue weighted by atomic mass is 14.9. The molecule has 5 aromatic carbocycles. The van der Waals surface area contributed by atoms with E-state index in [0.29, 0.717) is 0 Å². The van der Waals surface area contributed by atoms with E-state index in [-0.39, 0.29) is 0 Å². The van der Waals surface area contributed by atoms with Crippen molar-refractivity contribution >= 4 is 39.7 Å². The topological polar surface area (TPSA) is 36.4 Å². The van der Waals surface area contributed by atoms with E-state index < -0.39 is 0 Å². The third kappa shape index (κ3) is 6.96. The molecule has 2 N–H and O–H groups in total. The van der Waals surface area contributed by atoms with Crippen LogP contribution in [-0.2, 0) is 0 Å². The van der Waals surface area contributed by atoms with Gasteiger partial charge in [0.05, 0.1) is 11.4 Å². The van der Waals surface area contributed by atoms with Crippen molar-refractivity contribution in [2.45, 2.75) is 27.7 Å². The van der Waals surface area contributed by atoms with Gasteiger partial charge in [-0.2, -0.15) is 0 Å². The molecule has 0 bridgehead atoms. The SMILES string of the molecule is CC1=CC(=C(c2ccc(Nc3ccc(C)cc3)cc2)c2ccc(Nc3ccc(C)cc3)cc2)C=CC1=Nc1ccc(C)cc1. The van der Waals surface area contributed by atoms with Crippen LogP contribution in [0, 0.1) is 20.8 Å². The molecule has 0 saturated carbocycles. The molecule has 44 heavy (non-hydrogen) atoms. The average molecular weight is 572 g/mol. The van der Waals surface area contributed by atoms with Gasteiger partial charge in [0.2, 0.25) is 0 Å². The lowest BCUT2D eigenvalue weighted by Crippen LogP contribution is -2.03. The molecule has 0 radical (unpaired) electrons. The van der Waals surface area contributed by atoms with Crippen LogP contribution in [0.2, 0.25) is 0 Å². The summed E-state index contributed by atoms with van der Waals surface area (Å²) in [5.74, 6) is 0. The predicted octanol–water partition coefficient (Wildman–Crippen LogP) is 11.2. The molecular formula is C41H37N3. The van der Waals surface area contributed by atoms with Gasteiger partial charge in [-0.15, -0.1) is 0 Å². The number of benzene rings is 5. The molecule has 3 nitrogen and oxygen atoms in total. The first-order chi connectivity index (χ1) is 21.4. The van der Waals surface area contributed by atoms with E-state index in [9.17, 15) is 0 Å². The second kappa shape index (κ2) is 12.8. The van der Waals surface area contributed by atoms with Crippen LogP contribution < -0.4 is 10.6 Å². The second-order valence-corrected chi connectivity index (χ2v) is 11.5. The number of allylic oxidation sites excluding steroid dienone is 5. The zero-order valence-corrected chi connectivity index (χ0v) is 25.7. The lowest BCUT2D eigenvalue weighted by Gasteiger charge is -2.17. The van der Waals surface area contributed by atoms with Crippen molar-refractivity contribution in [1.29, 1.82) is 0 Å². The number of aryl methyl sites for hydroxylation is 3. The highest BCUT2D eigenvalue weighted by Crippen LogP contribution is 2.33. The van der Waals surface area contributed by atoms with Gasteiger partial charge in [0.15, 0.2) is 0 Å². The Labute approximate surface area is 261 Å². The summed E-state index contributed by atoms with van der Waals surface area (Å²) in [5.41, 5.74) is 15.7. The molecule has 0 fully saturated rings. The first-order valence-corrected chi connectivity index (χ1v) is 15.0. The van der Waals surface area contributed by atoms with Crippen LogP contribution in [0.3, 0.4) is 0 Å². The summed E-state index contributed by atoms with van der Waals surface area (Å²) in [6.45, 7) is 8.44. The quantitative estimate of drug-likeness (QED) is 0.204. The maximum atomic E-state index is 4.92. The van der Waals surface area contributed by atoms with Crippen LogP contribution in [0.5, 0.6) is 0 Å². The number of nitrogens with one attached hydrogen (secondary N) is 2. The van der Waals surface area contributed by atoms with Gasteiger partial charge in [-0.25, -0.2) is 4.99 Å². The monoisotopic (exact) mass is 571 g/mol. The second-order valence-electron chi connectivity index (χ2n) is 11.5. The molecule has 1 aliphatic carbocycles. The Morgan fingerprint density at radius 1 is 0.455 bits per heavy atom. The van der Waals surface area contributed by atoms with Crippen molar-refractivity contribution in [2.24, 2.45) is 4.99 Å². The molecule has 3 heteroatoms. The number of hydrogen-bond donors (Lipinski definition) is 2. The minimum atomic E-state index is 0.962. The summed E-state index contributed by atoms with van der Waals surface area (Å²) >= 11 is 0. The van der Waals surface area contributed by atoms with E-state index in [0.717, 1.165) is 56.4 Å². The fourth-order valence-corrected chi connectivity index (χ4v) is 5.24. The highest BCUT2D eigenvalue weighted by molar-refractivity contribution is 6.12. The summed E-state index contributed by atoms with van der Waals surface area (Å²) < 4.78 is 0. The first-order valence-electron chi connectivity index (χ1n) is 15.0. The third-order valence-electron chi connectivity index (χ3n) is 7.80. The van der Waals surface area contributed by atoms with Crippen molar-refractivity contribution in [2.75, 3.05) is 10.6 Å². The Hall–Kier alpha value is -5.41. The van der Waals surface area contributed by atoms with Crippen LogP contribution in [0.4, 0.5) is 28.4 Å². The Morgan fingerprint density at radius 2 is 0.841 bits per heavy atom. The minimum Gasteiger partial charge on any atom is -0.356 e. The predicted molar refractivity (Wildman–Crippen MR) is 189 cm³/mol. The first kappa shape index (κ1) is 28.7. The molecule has 216 valence electrons. The van der Waals surface area contributed by atoms with Crippen LogP contribution in [0.25, 0.3) is 5.57 Å². The summed E-state index contributed by atoms with van der Waals surface area (Å²) in [7, 11) is 0. The minimum absolute atomic E-state index is 0.962. The highest BCUT2D eigenvalue weighted by Gasteiger charge is 2.14. The summed E-state index contributed by atoms with van der Waals surface area (Å²) in [6.07, 6.45) is 6.57. The molecule has 6 rings (SSSR count). The van der Waals surface area contributed by atoms with Crippen molar-refractivity contribution in [3.8, 4) is 0 Å². The summed E-state index contributed by atoms with van der Waals surface area (Å²) in [6, 6.07) is 42.7. The van der Waals surface area contributed by atoms with E-state index in [1.807, 2.05) is 0 Å². The van der Waals surface area contributed by atoms with E-state index in [2.05, 4.69) is 178 Å². The molecule has 0 aliphatic heterocycles. The fourth-order valence-electron chi connectivity index (χ4n) is 5.24. The molecule has 5 aromatic rings. The number of aliphatic imine (C=N–C) groups is 1. The number of rotatable bonds is 7. The number of anilines is 4. The van der Waals surface area contributed by atoms with E-state index >= 15 is 0 Å². The summed E-state index contributed by atoms with van der Waals surface area (Å²) in [5, 5.41) is 7.05. The molecule has 0 heterocycles. The van der Waals surface area contributed by atoms with E-state index in [1.165, 1.54) is 22.3 Å². The molecule has 0 aromatic heterocycles. The molecule has 0 atom stereocenters. The van der Waals surface area contributed by atoms with Crippen molar-refractivity contribution in [3.05, 3.63) is 179 Å². The van der Waals surface area contributed by atoms with Gasteiger partial charge < -0.3 is 10.6 Å². The van der Waals surface area contributed by atoms with Crippen LogP contribution in [0.1, 0.15) is 34.7 Å². The lowest BCUT2D eigenvalue weighted by molar-refractivity contribution is 1.41. The molecule has 0 spiro atoms. The van der Waals surface area contributed by atoms with Crippen molar-refractivity contribution in [3.63, 3.8) is 0 Å². The van der Waals surface area contributed by atoms with Gasteiger partial charge in [0, 0.05) is 22.7 Å².